The Morgan fingerprint density at radius 2 is 1.60 bits per heavy atom. The van der Waals surface area contributed by atoms with E-state index in [1.807, 2.05) is 6.07 Å². The minimum atomic E-state index is 0.419. The molecule has 0 heterocycles. The van der Waals surface area contributed by atoms with Gasteiger partial charge in [-0.2, -0.15) is 0 Å². The summed E-state index contributed by atoms with van der Waals surface area (Å²) in [5.41, 5.74) is 2.50. The highest BCUT2D eigenvalue weighted by Gasteiger charge is 2.24. The van der Waals surface area contributed by atoms with Gasteiger partial charge in [0, 0.05) is 0 Å². The molecular weight excluding hydrogens is 244 g/mol. The molecule has 3 rings (SSSR count). The lowest BCUT2D eigenvalue weighted by molar-refractivity contribution is 0.204. The zero-order valence-corrected chi connectivity index (χ0v) is 12.1. The van der Waals surface area contributed by atoms with Crippen LogP contribution in [0.15, 0.2) is 54.6 Å². The summed E-state index contributed by atoms with van der Waals surface area (Å²) in [5.74, 6) is 1.87. The molecule has 104 valence electrons. The maximum absolute atomic E-state index is 6.10. The van der Waals surface area contributed by atoms with Gasteiger partial charge >= 0.3 is 0 Å². The number of hydrogen-bond donors (Lipinski definition) is 0. The third kappa shape index (κ3) is 3.04. The van der Waals surface area contributed by atoms with Gasteiger partial charge in [0.1, 0.15) is 5.75 Å². The topological polar surface area (TPSA) is 9.23 Å². The predicted molar refractivity (Wildman–Crippen MR) is 83.9 cm³/mol. The summed E-state index contributed by atoms with van der Waals surface area (Å²) in [6.45, 7) is 2.28. The quantitative estimate of drug-likeness (QED) is 0.728. The van der Waals surface area contributed by atoms with Gasteiger partial charge in [0.25, 0.3) is 0 Å². The first-order valence-electron chi connectivity index (χ1n) is 7.67. The van der Waals surface area contributed by atoms with Crippen LogP contribution in [0.4, 0.5) is 0 Å². The van der Waals surface area contributed by atoms with Gasteiger partial charge in [-0.15, -0.1) is 0 Å². The van der Waals surface area contributed by atoms with E-state index in [0.717, 1.165) is 11.7 Å². The average Bonchev–Trinajstić information content (AvgIpc) is 2.97. The summed E-state index contributed by atoms with van der Waals surface area (Å²) in [6, 6.07) is 19.0. The minimum Gasteiger partial charge on any atom is -0.490 e. The Kier molecular flexibility index (Phi) is 4.05. The molecule has 1 nitrogen and oxygen atoms in total. The van der Waals surface area contributed by atoms with E-state index < -0.39 is 0 Å². The van der Waals surface area contributed by atoms with Gasteiger partial charge in [0.15, 0.2) is 0 Å². The molecule has 1 aliphatic carbocycles. The van der Waals surface area contributed by atoms with E-state index >= 15 is 0 Å². The summed E-state index contributed by atoms with van der Waals surface area (Å²) in [7, 11) is 0. The lowest BCUT2D eigenvalue weighted by atomic mass is 10.1. The van der Waals surface area contributed by atoms with E-state index in [0.29, 0.717) is 6.10 Å². The van der Waals surface area contributed by atoms with Crippen molar-refractivity contribution >= 4 is 0 Å². The molecule has 0 N–H and O–H groups in total. The van der Waals surface area contributed by atoms with Crippen molar-refractivity contribution in [3.8, 4) is 16.9 Å². The second-order valence-electron chi connectivity index (χ2n) is 5.72. The molecule has 1 heteroatoms. The highest BCUT2D eigenvalue weighted by molar-refractivity contribution is 5.63. The third-order valence-electron chi connectivity index (χ3n) is 4.33. The second kappa shape index (κ2) is 6.13. The molecule has 0 aromatic heterocycles. The Hall–Kier alpha value is -1.76. The van der Waals surface area contributed by atoms with E-state index in [1.165, 1.54) is 36.8 Å². The summed E-state index contributed by atoms with van der Waals surface area (Å²) in [4.78, 5) is 0. The van der Waals surface area contributed by atoms with Crippen LogP contribution in [0.1, 0.15) is 32.6 Å². The lowest BCUT2D eigenvalue weighted by Gasteiger charge is -2.14. The molecule has 0 spiro atoms. The zero-order valence-electron chi connectivity index (χ0n) is 12.1. The van der Waals surface area contributed by atoms with Crippen molar-refractivity contribution in [1.29, 1.82) is 0 Å². The Bertz CT molecular complexity index is 529. The van der Waals surface area contributed by atoms with E-state index in [9.17, 15) is 0 Å². The molecule has 1 fully saturated rings. The minimum absolute atomic E-state index is 0.419. The van der Waals surface area contributed by atoms with Gasteiger partial charge in [-0.1, -0.05) is 55.8 Å². The molecule has 1 aliphatic rings. The van der Waals surface area contributed by atoms with E-state index in [-0.39, 0.29) is 0 Å². The maximum Gasteiger partial charge on any atom is 0.119 e. The second-order valence-corrected chi connectivity index (χ2v) is 5.72. The van der Waals surface area contributed by atoms with Crippen molar-refractivity contribution < 1.29 is 4.74 Å². The average molecular weight is 266 g/mol. The van der Waals surface area contributed by atoms with Crippen LogP contribution in [0.25, 0.3) is 11.1 Å². The molecule has 0 saturated heterocycles. The SMILES string of the molecule is CCC1CCC(Oc2ccc(-c3ccccc3)cc2)C1. The molecule has 2 aromatic rings. The fraction of sp³-hybridized carbons (Fsp3) is 0.368. The molecule has 0 aliphatic heterocycles. The molecule has 0 bridgehead atoms. The summed E-state index contributed by atoms with van der Waals surface area (Å²) < 4.78 is 6.10. The molecule has 0 amide bonds. The largest absolute Gasteiger partial charge is 0.490 e. The van der Waals surface area contributed by atoms with Gasteiger partial charge in [-0.3, -0.25) is 0 Å². The first-order valence-corrected chi connectivity index (χ1v) is 7.67. The molecule has 1 saturated carbocycles. The van der Waals surface area contributed by atoms with Crippen molar-refractivity contribution in [3.63, 3.8) is 0 Å². The number of ether oxygens (including phenoxy) is 1. The Morgan fingerprint density at radius 1 is 0.900 bits per heavy atom. The number of benzene rings is 2. The van der Waals surface area contributed by atoms with Crippen LogP contribution in [-0.2, 0) is 0 Å². The van der Waals surface area contributed by atoms with Crippen molar-refractivity contribution in [3.05, 3.63) is 54.6 Å². The van der Waals surface area contributed by atoms with Crippen LogP contribution in [0.5, 0.6) is 5.75 Å². The monoisotopic (exact) mass is 266 g/mol. The predicted octanol–water partition coefficient (Wildman–Crippen LogP) is 5.31. The molecular formula is C19H22O. The molecule has 2 unspecified atom stereocenters. The van der Waals surface area contributed by atoms with E-state index in [1.54, 1.807) is 0 Å². The standard InChI is InChI=1S/C19H22O/c1-2-15-8-11-19(14-15)20-18-12-9-17(10-13-18)16-6-4-3-5-7-16/h3-7,9-10,12-13,15,19H,2,8,11,14H2,1H3. The smallest absolute Gasteiger partial charge is 0.119 e. The maximum atomic E-state index is 6.10. The van der Waals surface area contributed by atoms with Gasteiger partial charge in [-0.05, 0) is 48.4 Å². The highest BCUT2D eigenvalue weighted by atomic mass is 16.5. The fourth-order valence-corrected chi connectivity index (χ4v) is 3.06. The zero-order chi connectivity index (χ0) is 13.8. The Morgan fingerprint density at radius 3 is 2.25 bits per heavy atom. The molecule has 2 atom stereocenters. The third-order valence-corrected chi connectivity index (χ3v) is 4.33. The summed E-state index contributed by atoms with van der Waals surface area (Å²) in [5, 5.41) is 0. The first-order chi connectivity index (χ1) is 9.85. The molecule has 20 heavy (non-hydrogen) atoms. The summed E-state index contributed by atoms with van der Waals surface area (Å²) in [6.07, 6.45) is 5.45. The lowest BCUT2D eigenvalue weighted by Crippen LogP contribution is -2.11. The van der Waals surface area contributed by atoms with Gasteiger partial charge in [0.05, 0.1) is 6.10 Å². The van der Waals surface area contributed by atoms with Crippen LogP contribution >= 0.6 is 0 Å². The molecule has 2 aromatic carbocycles. The summed E-state index contributed by atoms with van der Waals surface area (Å²) >= 11 is 0. The van der Waals surface area contributed by atoms with Gasteiger partial charge < -0.3 is 4.74 Å². The van der Waals surface area contributed by atoms with Crippen LogP contribution in [0.3, 0.4) is 0 Å². The van der Waals surface area contributed by atoms with Crippen LogP contribution < -0.4 is 4.74 Å². The van der Waals surface area contributed by atoms with E-state index in [2.05, 4.69) is 55.5 Å². The van der Waals surface area contributed by atoms with Crippen LogP contribution in [-0.4, -0.2) is 6.10 Å². The molecule has 0 radical (unpaired) electrons. The van der Waals surface area contributed by atoms with Crippen molar-refractivity contribution in [1.82, 2.24) is 0 Å². The van der Waals surface area contributed by atoms with Crippen LogP contribution in [0, 0.1) is 5.92 Å². The highest BCUT2D eigenvalue weighted by Crippen LogP contribution is 2.31. The number of hydrogen-bond acceptors (Lipinski definition) is 1. The fourth-order valence-electron chi connectivity index (χ4n) is 3.06. The van der Waals surface area contributed by atoms with Crippen molar-refractivity contribution in [2.24, 2.45) is 5.92 Å². The van der Waals surface area contributed by atoms with Crippen LogP contribution in [0.2, 0.25) is 0 Å². The Labute approximate surface area is 121 Å². The van der Waals surface area contributed by atoms with Crippen molar-refractivity contribution in [2.75, 3.05) is 0 Å². The van der Waals surface area contributed by atoms with Gasteiger partial charge in [-0.25, -0.2) is 0 Å². The Balaban J connectivity index is 1.65. The van der Waals surface area contributed by atoms with Gasteiger partial charge in [0.2, 0.25) is 0 Å². The van der Waals surface area contributed by atoms with E-state index in [4.69, 9.17) is 4.74 Å². The van der Waals surface area contributed by atoms with Crippen molar-refractivity contribution in [2.45, 2.75) is 38.7 Å². The number of rotatable bonds is 4. The first kappa shape index (κ1) is 13.2. The normalized spacial score (nSPS) is 21.9.